The third-order valence-corrected chi connectivity index (χ3v) is 5.34. The predicted molar refractivity (Wildman–Crippen MR) is 108 cm³/mol. The molecule has 4 aromatic heterocycles. The van der Waals surface area contributed by atoms with Gasteiger partial charge in [0.15, 0.2) is 0 Å². The van der Waals surface area contributed by atoms with E-state index in [0.29, 0.717) is 18.9 Å². The molecule has 1 aliphatic rings. The van der Waals surface area contributed by atoms with Crippen LogP contribution in [-0.4, -0.2) is 47.1 Å². The van der Waals surface area contributed by atoms with Gasteiger partial charge in [0.2, 0.25) is 5.89 Å². The molecule has 4 aromatic rings. The van der Waals surface area contributed by atoms with Crippen molar-refractivity contribution in [3.63, 3.8) is 0 Å². The Morgan fingerprint density at radius 2 is 2.10 bits per heavy atom. The van der Waals surface area contributed by atoms with Crippen molar-refractivity contribution < 1.29 is 9.21 Å². The van der Waals surface area contributed by atoms with Crippen LogP contribution >= 0.6 is 0 Å². The molecule has 0 saturated heterocycles. The number of aromatic amines is 1. The molecule has 0 radical (unpaired) electrons. The molecular weight excluding hydrogens is 382 g/mol. The van der Waals surface area contributed by atoms with Crippen molar-refractivity contribution in [3.05, 3.63) is 65.1 Å². The number of pyridine rings is 1. The van der Waals surface area contributed by atoms with Crippen molar-refractivity contribution in [2.75, 3.05) is 6.54 Å². The standard InChI is InChI=1S/C21H23N7O2/c1-12-5-6-13-9-15(26-28(13)10-12)17-16-14(22-11-23-16)7-8-27(17)19(29)18-24-25-20(30-18)21(2,3)4/h5-6,9-11,17H,7-8H2,1-4H3,(H,22,23)/t17-/m1/s1. The number of aromatic nitrogens is 6. The summed E-state index contributed by atoms with van der Waals surface area (Å²) in [5.74, 6) is 0.108. The zero-order valence-corrected chi connectivity index (χ0v) is 17.4. The van der Waals surface area contributed by atoms with Crippen LogP contribution in [0.3, 0.4) is 0 Å². The van der Waals surface area contributed by atoms with Gasteiger partial charge >= 0.3 is 11.8 Å². The summed E-state index contributed by atoms with van der Waals surface area (Å²) in [6, 6.07) is 5.61. The maximum Gasteiger partial charge on any atom is 0.312 e. The smallest absolute Gasteiger partial charge is 0.312 e. The fourth-order valence-electron chi connectivity index (χ4n) is 3.77. The minimum atomic E-state index is -0.433. The first-order valence-electron chi connectivity index (χ1n) is 9.94. The monoisotopic (exact) mass is 405 g/mol. The Bertz CT molecular complexity index is 1240. The van der Waals surface area contributed by atoms with Crippen LogP contribution in [0.4, 0.5) is 0 Å². The molecule has 0 aromatic carbocycles. The van der Waals surface area contributed by atoms with Gasteiger partial charge in [-0.2, -0.15) is 5.10 Å². The number of rotatable bonds is 2. The molecule has 0 spiro atoms. The van der Waals surface area contributed by atoms with E-state index < -0.39 is 6.04 Å². The van der Waals surface area contributed by atoms with E-state index in [1.807, 2.05) is 56.6 Å². The molecule has 1 amide bonds. The van der Waals surface area contributed by atoms with Crippen LogP contribution in [0.15, 0.2) is 35.1 Å². The maximum atomic E-state index is 13.4. The van der Waals surface area contributed by atoms with Crippen LogP contribution in [0.1, 0.15) is 66.0 Å². The molecule has 0 fully saturated rings. The molecule has 5 rings (SSSR count). The van der Waals surface area contributed by atoms with Crippen LogP contribution in [0, 0.1) is 6.92 Å². The van der Waals surface area contributed by atoms with Crippen molar-refractivity contribution >= 4 is 11.4 Å². The summed E-state index contributed by atoms with van der Waals surface area (Å²) in [5, 5.41) is 12.8. The molecule has 0 bridgehead atoms. The summed E-state index contributed by atoms with van der Waals surface area (Å²) >= 11 is 0. The number of carbonyl (C=O) groups excluding carboxylic acids is 1. The van der Waals surface area contributed by atoms with Gasteiger partial charge in [-0.25, -0.2) is 9.50 Å². The first-order chi connectivity index (χ1) is 14.3. The van der Waals surface area contributed by atoms with Crippen LogP contribution in [0.2, 0.25) is 0 Å². The number of nitrogens with zero attached hydrogens (tertiary/aromatic N) is 6. The van der Waals surface area contributed by atoms with Gasteiger partial charge in [0, 0.05) is 30.3 Å². The van der Waals surface area contributed by atoms with E-state index in [9.17, 15) is 4.79 Å². The first-order valence-corrected chi connectivity index (χ1v) is 9.94. The highest BCUT2D eigenvalue weighted by atomic mass is 16.4. The van der Waals surface area contributed by atoms with E-state index in [1.165, 1.54) is 0 Å². The van der Waals surface area contributed by atoms with E-state index in [2.05, 4.69) is 20.2 Å². The lowest BCUT2D eigenvalue weighted by Gasteiger charge is -2.32. The van der Waals surface area contributed by atoms with Crippen LogP contribution in [0.25, 0.3) is 5.52 Å². The second-order valence-corrected chi connectivity index (χ2v) is 8.72. The zero-order valence-electron chi connectivity index (χ0n) is 17.4. The Kier molecular flexibility index (Phi) is 4.02. The van der Waals surface area contributed by atoms with Crippen LogP contribution in [-0.2, 0) is 11.8 Å². The molecule has 1 aliphatic heterocycles. The number of H-pyrrole nitrogens is 1. The summed E-state index contributed by atoms with van der Waals surface area (Å²) in [5.41, 5.74) is 4.29. The Balaban J connectivity index is 1.58. The number of nitrogens with one attached hydrogen (secondary N) is 1. The molecule has 0 unspecified atom stereocenters. The molecule has 30 heavy (non-hydrogen) atoms. The summed E-state index contributed by atoms with van der Waals surface area (Å²) in [7, 11) is 0. The van der Waals surface area contributed by atoms with Crippen molar-refractivity contribution in [2.45, 2.75) is 45.6 Å². The summed E-state index contributed by atoms with van der Waals surface area (Å²) in [4.78, 5) is 22.8. The molecule has 1 N–H and O–H groups in total. The summed E-state index contributed by atoms with van der Waals surface area (Å²) < 4.78 is 7.56. The fraction of sp³-hybridized carbons (Fsp3) is 0.381. The molecule has 1 atom stereocenters. The number of hydrogen-bond donors (Lipinski definition) is 1. The highest BCUT2D eigenvalue weighted by Gasteiger charge is 2.38. The van der Waals surface area contributed by atoms with Gasteiger partial charge in [0.25, 0.3) is 0 Å². The molecule has 9 heteroatoms. The second-order valence-electron chi connectivity index (χ2n) is 8.72. The molecule has 5 heterocycles. The quantitative estimate of drug-likeness (QED) is 0.550. The topological polar surface area (TPSA) is 105 Å². The van der Waals surface area contributed by atoms with Gasteiger partial charge in [-0.1, -0.05) is 26.8 Å². The Morgan fingerprint density at radius 3 is 2.87 bits per heavy atom. The molecule has 0 aliphatic carbocycles. The van der Waals surface area contributed by atoms with Crippen molar-refractivity contribution in [3.8, 4) is 0 Å². The number of amides is 1. The maximum absolute atomic E-state index is 13.4. The highest BCUT2D eigenvalue weighted by molar-refractivity contribution is 5.90. The minimum absolute atomic E-state index is 0.0106. The fourth-order valence-corrected chi connectivity index (χ4v) is 3.77. The number of fused-ring (bicyclic) bond motifs is 2. The summed E-state index contributed by atoms with van der Waals surface area (Å²) in [6.07, 6.45) is 4.30. The van der Waals surface area contributed by atoms with Gasteiger partial charge in [-0.3, -0.25) is 4.79 Å². The van der Waals surface area contributed by atoms with E-state index in [0.717, 1.165) is 28.2 Å². The highest BCUT2D eigenvalue weighted by Crippen LogP contribution is 2.34. The average Bonchev–Trinajstić information content (AvgIpc) is 3.43. The van der Waals surface area contributed by atoms with E-state index >= 15 is 0 Å². The van der Waals surface area contributed by atoms with Gasteiger partial charge < -0.3 is 14.3 Å². The molecular formula is C21H23N7O2. The SMILES string of the molecule is Cc1ccc2cc([C@@H]3c4nc[nH]c4CCN3C(=O)c3nnc(C(C)(C)C)o3)nn2c1. The van der Waals surface area contributed by atoms with Gasteiger partial charge in [0.05, 0.1) is 23.2 Å². The molecule has 154 valence electrons. The number of hydrogen-bond acceptors (Lipinski definition) is 6. The molecule has 0 saturated carbocycles. The Labute approximate surface area is 173 Å². The number of aryl methyl sites for hydroxylation is 1. The van der Waals surface area contributed by atoms with Crippen molar-refractivity contribution in [2.24, 2.45) is 0 Å². The largest absolute Gasteiger partial charge is 0.416 e. The van der Waals surface area contributed by atoms with Crippen molar-refractivity contribution in [1.29, 1.82) is 0 Å². The molecule has 9 nitrogen and oxygen atoms in total. The lowest BCUT2D eigenvalue weighted by molar-refractivity contribution is 0.0642. The lowest BCUT2D eigenvalue weighted by Crippen LogP contribution is -2.41. The van der Waals surface area contributed by atoms with Gasteiger partial charge in [-0.15, -0.1) is 10.2 Å². The van der Waals surface area contributed by atoms with Crippen molar-refractivity contribution in [1.82, 2.24) is 34.7 Å². The van der Waals surface area contributed by atoms with Crippen LogP contribution in [0.5, 0.6) is 0 Å². The normalized spacial score (nSPS) is 16.8. The summed E-state index contributed by atoms with van der Waals surface area (Å²) in [6.45, 7) is 8.41. The third-order valence-electron chi connectivity index (χ3n) is 5.34. The Hall–Kier alpha value is -3.49. The lowest BCUT2D eigenvalue weighted by atomic mass is 9.97. The second kappa shape index (κ2) is 6.51. The van der Waals surface area contributed by atoms with E-state index in [-0.39, 0.29) is 17.2 Å². The Morgan fingerprint density at radius 1 is 1.27 bits per heavy atom. The number of carbonyl (C=O) groups is 1. The van der Waals surface area contributed by atoms with Crippen LogP contribution < -0.4 is 0 Å². The zero-order chi connectivity index (χ0) is 21.0. The van der Waals surface area contributed by atoms with E-state index in [1.54, 1.807) is 11.2 Å². The first kappa shape index (κ1) is 18.5. The third kappa shape index (κ3) is 2.97. The average molecular weight is 405 g/mol. The van der Waals surface area contributed by atoms with Gasteiger partial charge in [0.1, 0.15) is 6.04 Å². The number of imidazole rings is 1. The minimum Gasteiger partial charge on any atom is -0.416 e. The predicted octanol–water partition coefficient (Wildman–Crippen LogP) is 2.83. The van der Waals surface area contributed by atoms with Gasteiger partial charge in [-0.05, 0) is 24.6 Å². The van der Waals surface area contributed by atoms with E-state index in [4.69, 9.17) is 9.52 Å².